The van der Waals surface area contributed by atoms with Crippen LogP contribution in [0.5, 0.6) is 0 Å². The van der Waals surface area contributed by atoms with Crippen LogP contribution in [0.1, 0.15) is 17.3 Å². The number of pyridine rings is 2. The van der Waals surface area contributed by atoms with E-state index in [4.69, 9.17) is 4.74 Å². The first-order chi connectivity index (χ1) is 7.70. The molecule has 0 amide bonds. The van der Waals surface area contributed by atoms with Crippen molar-refractivity contribution in [3.05, 3.63) is 40.3 Å². The third-order valence-corrected chi connectivity index (χ3v) is 2.08. The molecule has 2 aromatic heterocycles. The van der Waals surface area contributed by atoms with Crippen LogP contribution in [0, 0.1) is 0 Å². The van der Waals surface area contributed by atoms with Crippen LogP contribution < -0.4 is 5.56 Å². The lowest BCUT2D eigenvalue weighted by molar-refractivity contribution is 0.0526. The molecule has 0 saturated carbocycles. The van der Waals surface area contributed by atoms with Crippen molar-refractivity contribution < 1.29 is 9.53 Å². The van der Waals surface area contributed by atoms with E-state index in [-0.39, 0.29) is 5.56 Å². The molecule has 2 heterocycles. The van der Waals surface area contributed by atoms with E-state index in [0.29, 0.717) is 23.2 Å². The maximum absolute atomic E-state index is 11.4. The number of hydrogen-bond acceptors (Lipinski definition) is 4. The molecular weight excluding hydrogens is 208 g/mol. The Morgan fingerprint density at radius 1 is 1.50 bits per heavy atom. The van der Waals surface area contributed by atoms with E-state index >= 15 is 0 Å². The van der Waals surface area contributed by atoms with Crippen LogP contribution in [-0.4, -0.2) is 22.5 Å². The summed E-state index contributed by atoms with van der Waals surface area (Å²) < 4.78 is 4.84. The number of esters is 1. The Morgan fingerprint density at radius 2 is 2.31 bits per heavy atom. The molecule has 16 heavy (non-hydrogen) atoms. The fourth-order valence-corrected chi connectivity index (χ4v) is 1.36. The largest absolute Gasteiger partial charge is 0.462 e. The number of carbonyl (C=O) groups excluding carboxylic acids is 1. The third kappa shape index (κ3) is 1.93. The average Bonchev–Trinajstić information content (AvgIpc) is 2.28. The lowest BCUT2D eigenvalue weighted by Crippen LogP contribution is -2.07. The van der Waals surface area contributed by atoms with Gasteiger partial charge in [0.05, 0.1) is 23.2 Å². The fourth-order valence-electron chi connectivity index (χ4n) is 1.36. The normalized spacial score (nSPS) is 10.3. The van der Waals surface area contributed by atoms with Crippen molar-refractivity contribution in [3.63, 3.8) is 0 Å². The number of carbonyl (C=O) groups is 1. The van der Waals surface area contributed by atoms with Crippen molar-refractivity contribution in [2.24, 2.45) is 0 Å². The molecule has 5 heteroatoms. The number of aromatic nitrogens is 2. The average molecular weight is 218 g/mol. The SMILES string of the molecule is CCOC(=O)c1cnc2ccc(=O)[nH]c2c1. The maximum atomic E-state index is 11.4. The van der Waals surface area contributed by atoms with Crippen molar-refractivity contribution in [1.29, 1.82) is 0 Å². The molecular formula is C11H10N2O3. The smallest absolute Gasteiger partial charge is 0.339 e. The summed E-state index contributed by atoms with van der Waals surface area (Å²) in [5, 5.41) is 0. The van der Waals surface area contributed by atoms with Gasteiger partial charge in [0, 0.05) is 12.3 Å². The number of hydrogen-bond donors (Lipinski definition) is 1. The lowest BCUT2D eigenvalue weighted by Gasteiger charge is -2.02. The standard InChI is InChI=1S/C11H10N2O3/c1-2-16-11(15)7-5-9-8(12-6-7)3-4-10(14)13-9/h3-6H,2H2,1H3,(H,13,14). The molecule has 2 rings (SSSR count). The summed E-state index contributed by atoms with van der Waals surface area (Å²) in [5.41, 5.74) is 1.26. The van der Waals surface area contributed by atoms with Crippen LogP contribution >= 0.6 is 0 Å². The van der Waals surface area contributed by atoms with E-state index in [9.17, 15) is 9.59 Å². The Hall–Kier alpha value is -2.17. The van der Waals surface area contributed by atoms with E-state index in [0.717, 1.165) is 0 Å². The zero-order valence-electron chi connectivity index (χ0n) is 8.69. The van der Waals surface area contributed by atoms with E-state index in [1.807, 2.05) is 0 Å². The molecule has 0 spiro atoms. The van der Waals surface area contributed by atoms with Gasteiger partial charge in [-0.2, -0.15) is 0 Å². The van der Waals surface area contributed by atoms with Gasteiger partial charge in [0.2, 0.25) is 5.56 Å². The van der Waals surface area contributed by atoms with Gasteiger partial charge >= 0.3 is 5.97 Å². The molecule has 0 aliphatic carbocycles. The fraction of sp³-hybridized carbons (Fsp3) is 0.182. The molecule has 0 aromatic carbocycles. The Labute approximate surface area is 91.1 Å². The van der Waals surface area contributed by atoms with E-state index in [1.54, 1.807) is 19.1 Å². The van der Waals surface area contributed by atoms with Crippen molar-refractivity contribution in [2.75, 3.05) is 6.61 Å². The second-order valence-corrected chi connectivity index (χ2v) is 3.20. The van der Waals surface area contributed by atoms with Crippen LogP contribution in [-0.2, 0) is 4.74 Å². The molecule has 82 valence electrons. The van der Waals surface area contributed by atoms with E-state index in [2.05, 4.69) is 9.97 Å². The van der Waals surface area contributed by atoms with Crippen molar-refractivity contribution >= 4 is 17.0 Å². The number of aromatic amines is 1. The van der Waals surface area contributed by atoms with E-state index in [1.165, 1.54) is 12.3 Å². The number of fused-ring (bicyclic) bond motifs is 1. The Kier molecular flexibility index (Phi) is 2.68. The molecule has 0 fully saturated rings. The van der Waals surface area contributed by atoms with Gasteiger partial charge in [-0.05, 0) is 19.1 Å². The van der Waals surface area contributed by atoms with Gasteiger partial charge < -0.3 is 9.72 Å². The highest BCUT2D eigenvalue weighted by atomic mass is 16.5. The predicted molar refractivity (Wildman–Crippen MR) is 58.3 cm³/mol. The summed E-state index contributed by atoms with van der Waals surface area (Å²) in [5.74, 6) is -0.443. The summed E-state index contributed by atoms with van der Waals surface area (Å²) in [6.45, 7) is 2.04. The molecule has 0 aliphatic rings. The Morgan fingerprint density at radius 3 is 3.06 bits per heavy atom. The summed E-state index contributed by atoms with van der Waals surface area (Å²) in [6.07, 6.45) is 1.43. The van der Waals surface area contributed by atoms with Crippen LogP contribution in [0.2, 0.25) is 0 Å². The molecule has 0 saturated heterocycles. The van der Waals surface area contributed by atoms with Gasteiger partial charge in [0.25, 0.3) is 0 Å². The summed E-state index contributed by atoms with van der Waals surface area (Å²) in [6, 6.07) is 4.55. The molecule has 0 unspecified atom stereocenters. The highest BCUT2D eigenvalue weighted by molar-refractivity contribution is 5.92. The first-order valence-electron chi connectivity index (χ1n) is 4.87. The summed E-state index contributed by atoms with van der Waals surface area (Å²) in [4.78, 5) is 29.2. The molecule has 0 radical (unpaired) electrons. The number of nitrogens with zero attached hydrogens (tertiary/aromatic N) is 1. The zero-order valence-corrected chi connectivity index (χ0v) is 8.69. The predicted octanol–water partition coefficient (Wildman–Crippen LogP) is 1.10. The zero-order chi connectivity index (χ0) is 11.5. The molecule has 0 bridgehead atoms. The van der Waals surface area contributed by atoms with Gasteiger partial charge in [-0.25, -0.2) is 4.79 Å². The first-order valence-corrected chi connectivity index (χ1v) is 4.87. The minimum absolute atomic E-state index is 0.227. The molecule has 5 nitrogen and oxygen atoms in total. The van der Waals surface area contributed by atoms with Crippen LogP contribution in [0.4, 0.5) is 0 Å². The molecule has 2 aromatic rings. The molecule has 0 atom stereocenters. The van der Waals surface area contributed by atoms with Crippen molar-refractivity contribution in [1.82, 2.24) is 9.97 Å². The minimum atomic E-state index is -0.443. The second kappa shape index (κ2) is 4.14. The molecule has 0 aliphatic heterocycles. The summed E-state index contributed by atoms with van der Waals surface area (Å²) >= 11 is 0. The Bertz CT molecular complexity index is 589. The topological polar surface area (TPSA) is 72.0 Å². The lowest BCUT2D eigenvalue weighted by atomic mass is 10.2. The van der Waals surface area contributed by atoms with Crippen LogP contribution in [0.3, 0.4) is 0 Å². The van der Waals surface area contributed by atoms with Gasteiger partial charge in [-0.3, -0.25) is 9.78 Å². The van der Waals surface area contributed by atoms with Gasteiger partial charge in [0.15, 0.2) is 0 Å². The number of ether oxygens (including phenoxy) is 1. The molecule has 1 N–H and O–H groups in total. The van der Waals surface area contributed by atoms with Gasteiger partial charge in [-0.1, -0.05) is 0 Å². The monoisotopic (exact) mass is 218 g/mol. The number of H-pyrrole nitrogens is 1. The maximum Gasteiger partial charge on any atom is 0.339 e. The third-order valence-electron chi connectivity index (χ3n) is 2.08. The minimum Gasteiger partial charge on any atom is -0.462 e. The van der Waals surface area contributed by atoms with Gasteiger partial charge in [-0.15, -0.1) is 0 Å². The quantitative estimate of drug-likeness (QED) is 0.766. The first kappa shape index (κ1) is 10.4. The van der Waals surface area contributed by atoms with Crippen molar-refractivity contribution in [2.45, 2.75) is 6.92 Å². The van der Waals surface area contributed by atoms with Crippen LogP contribution in [0.15, 0.2) is 29.2 Å². The van der Waals surface area contributed by atoms with Crippen LogP contribution in [0.25, 0.3) is 11.0 Å². The number of rotatable bonds is 2. The van der Waals surface area contributed by atoms with E-state index < -0.39 is 5.97 Å². The summed E-state index contributed by atoms with van der Waals surface area (Å²) in [7, 11) is 0. The highest BCUT2D eigenvalue weighted by Gasteiger charge is 2.07. The van der Waals surface area contributed by atoms with Crippen molar-refractivity contribution in [3.8, 4) is 0 Å². The van der Waals surface area contributed by atoms with Gasteiger partial charge in [0.1, 0.15) is 0 Å². The number of nitrogens with one attached hydrogen (secondary N) is 1. The highest BCUT2D eigenvalue weighted by Crippen LogP contribution is 2.09. The second-order valence-electron chi connectivity index (χ2n) is 3.20. The Balaban J connectivity index is 2.50.